The molecule has 31 heavy (non-hydrogen) atoms. The van der Waals surface area contributed by atoms with Crippen LogP contribution >= 0.6 is 7.26 Å². The molecule has 2 N–H and O–H groups in total. The average molecular weight is 449 g/mol. The van der Waals surface area contributed by atoms with Crippen LogP contribution in [0.15, 0.2) is 60.7 Å². The summed E-state index contributed by atoms with van der Waals surface area (Å²) in [5.41, 5.74) is 0. The smallest absolute Gasteiger partial charge is 0.115 e. The van der Waals surface area contributed by atoms with E-state index in [-0.39, 0.29) is 0 Å². The van der Waals surface area contributed by atoms with Gasteiger partial charge in [-0.3, -0.25) is 0 Å². The van der Waals surface area contributed by atoms with Crippen molar-refractivity contribution < 1.29 is 10.2 Å². The molecule has 2 aromatic rings. The summed E-state index contributed by atoms with van der Waals surface area (Å²) in [4.78, 5) is 0. The summed E-state index contributed by atoms with van der Waals surface area (Å²) in [6, 6.07) is 17.4. The molecule has 0 bridgehead atoms. The van der Waals surface area contributed by atoms with Crippen LogP contribution in [0.4, 0.5) is 0 Å². The molecule has 0 amide bonds. The Labute approximate surface area is 193 Å². The molecule has 0 saturated carbocycles. The van der Waals surface area contributed by atoms with Gasteiger partial charge in [0.2, 0.25) is 0 Å². The summed E-state index contributed by atoms with van der Waals surface area (Å²) in [7, 11) is -0.879. The van der Waals surface area contributed by atoms with Gasteiger partial charge in [-0.1, -0.05) is 36.4 Å². The first-order valence-corrected chi connectivity index (χ1v) is 15.3. The summed E-state index contributed by atoms with van der Waals surface area (Å²) in [5, 5.41) is 17.3. The monoisotopic (exact) mass is 448 g/mol. The largest absolute Gasteiger partial charge is 0.508 e. The van der Waals surface area contributed by atoms with Crippen LogP contribution in [0.2, 0.25) is 0 Å². The molecular weight excluding hydrogens is 399 g/mol. The molecule has 0 fully saturated rings. The number of unbranched alkanes of at least 4 members (excludes halogenated alkanes) is 4. The molecular formula is C28H49O2P. The zero-order valence-electron chi connectivity index (χ0n) is 20.7. The van der Waals surface area contributed by atoms with Crippen LogP contribution in [-0.2, 0) is 0 Å². The predicted octanol–water partition coefficient (Wildman–Crippen LogP) is 8.72. The van der Waals surface area contributed by atoms with Crippen molar-refractivity contribution >= 4 is 7.26 Å². The Morgan fingerprint density at radius 1 is 0.484 bits per heavy atom. The summed E-state index contributed by atoms with van der Waals surface area (Å²) < 4.78 is 0. The van der Waals surface area contributed by atoms with Gasteiger partial charge < -0.3 is 10.2 Å². The van der Waals surface area contributed by atoms with Gasteiger partial charge in [0, 0.05) is 0 Å². The second kappa shape index (κ2) is 20.4. The van der Waals surface area contributed by atoms with E-state index in [9.17, 15) is 0 Å². The van der Waals surface area contributed by atoms with Gasteiger partial charge in [0.15, 0.2) is 0 Å². The molecule has 0 aliphatic carbocycles. The fourth-order valence-corrected chi connectivity index (χ4v) is 9.73. The van der Waals surface area contributed by atoms with E-state index in [1.165, 1.54) is 51.4 Å². The van der Waals surface area contributed by atoms with Gasteiger partial charge in [0.25, 0.3) is 0 Å². The number of phenols is 2. The maximum Gasteiger partial charge on any atom is 0.115 e. The first kappa shape index (κ1) is 29.5. The Morgan fingerprint density at radius 2 is 0.742 bits per heavy atom. The fourth-order valence-electron chi connectivity index (χ4n) is 3.81. The van der Waals surface area contributed by atoms with E-state index in [1.807, 2.05) is 12.1 Å². The van der Waals surface area contributed by atoms with Crippen molar-refractivity contribution in [3.05, 3.63) is 60.7 Å². The summed E-state index contributed by atoms with van der Waals surface area (Å²) >= 11 is 0. The van der Waals surface area contributed by atoms with Crippen molar-refractivity contribution in [2.45, 2.75) is 79.1 Å². The molecule has 2 aromatic carbocycles. The number of aromatic hydroxyl groups is 2. The van der Waals surface area contributed by atoms with E-state index in [1.54, 1.807) is 73.2 Å². The third kappa shape index (κ3) is 16.8. The molecule has 0 aromatic heterocycles. The van der Waals surface area contributed by atoms with Crippen molar-refractivity contribution in [2.24, 2.45) is 0 Å². The molecule has 0 aliphatic heterocycles. The number of benzene rings is 2. The van der Waals surface area contributed by atoms with E-state index < -0.39 is 7.26 Å². The van der Waals surface area contributed by atoms with E-state index >= 15 is 0 Å². The molecule has 0 spiro atoms. The van der Waals surface area contributed by atoms with Crippen LogP contribution in [0.5, 0.6) is 11.5 Å². The first-order valence-electron chi connectivity index (χ1n) is 12.5. The minimum absolute atomic E-state index is 0.322. The minimum atomic E-state index is -0.879. The molecule has 0 radical (unpaired) electrons. The zero-order chi connectivity index (χ0) is 23.2. The van der Waals surface area contributed by atoms with Crippen molar-refractivity contribution in [2.75, 3.05) is 24.6 Å². The van der Waals surface area contributed by atoms with Crippen LogP contribution in [0, 0.1) is 0 Å². The van der Waals surface area contributed by atoms with Crippen LogP contribution in [-0.4, -0.2) is 34.9 Å². The van der Waals surface area contributed by atoms with Crippen molar-refractivity contribution in [1.29, 1.82) is 0 Å². The maximum absolute atomic E-state index is 8.63. The number of rotatable bonds is 12. The molecule has 3 heteroatoms. The third-order valence-corrected chi connectivity index (χ3v) is 11.4. The molecule has 178 valence electrons. The Morgan fingerprint density at radius 3 is 0.903 bits per heavy atom. The SMILES string of the molecule is CCCC[PH](CCCC)(CCCC)CCCC.Oc1ccccc1.Oc1ccccc1. The van der Waals surface area contributed by atoms with Crippen molar-refractivity contribution in [3.63, 3.8) is 0 Å². The predicted molar refractivity (Wildman–Crippen MR) is 144 cm³/mol. The molecule has 2 rings (SSSR count). The van der Waals surface area contributed by atoms with Gasteiger partial charge in [-0.15, -0.1) is 0 Å². The van der Waals surface area contributed by atoms with Crippen molar-refractivity contribution in [1.82, 2.24) is 0 Å². The van der Waals surface area contributed by atoms with Crippen LogP contribution in [0.25, 0.3) is 0 Å². The number of hydrogen-bond donors (Lipinski definition) is 2. The Bertz CT molecular complexity index is 526. The zero-order valence-corrected chi connectivity index (χ0v) is 21.7. The molecule has 0 unspecified atom stereocenters. The van der Waals surface area contributed by atoms with Gasteiger partial charge in [0.1, 0.15) is 11.5 Å². The molecule has 0 atom stereocenters. The molecule has 0 aliphatic rings. The third-order valence-electron chi connectivity index (χ3n) is 5.76. The second-order valence-corrected chi connectivity index (χ2v) is 13.6. The van der Waals surface area contributed by atoms with Crippen molar-refractivity contribution in [3.8, 4) is 11.5 Å². The van der Waals surface area contributed by atoms with E-state index in [2.05, 4.69) is 27.7 Å². The minimum Gasteiger partial charge on any atom is -0.508 e. The van der Waals surface area contributed by atoms with Crippen LogP contribution in [0.1, 0.15) is 79.1 Å². The topological polar surface area (TPSA) is 40.5 Å². The quantitative estimate of drug-likeness (QED) is 0.319. The summed E-state index contributed by atoms with van der Waals surface area (Å²) in [6.45, 7) is 9.44. The maximum atomic E-state index is 8.63. The van der Waals surface area contributed by atoms with Gasteiger partial charge in [-0.2, -0.15) is 0 Å². The van der Waals surface area contributed by atoms with E-state index in [4.69, 9.17) is 10.2 Å². The van der Waals surface area contributed by atoms with Gasteiger partial charge >= 0.3 is 111 Å². The van der Waals surface area contributed by atoms with Gasteiger partial charge in [-0.05, 0) is 24.3 Å². The second-order valence-electron chi connectivity index (χ2n) is 8.59. The summed E-state index contributed by atoms with van der Waals surface area (Å²) in [5.74, 6) is 0.644. The van der Waals surface area contributed by atoms with Crippen LogP contribution in [0.3, 0.4) is 0 Å². The van der Waals surface area contributed by atoms with E-state index in [0.717, 1.165) is 0 Å². The Kier molecular flexibility index (Phi) is 19.4. The Balaban J connectivity index is 0.000000518. The molecule has 0 heterocycles. The van der Waals surface area contributed by atoms with E-state index in [0.29, 0.717) is 11.5 Å². The Hall–Kier alpha value is -1.53. The summed E-state index contributed by atoms with van der Waals surface area (Å²) in [6.07, 6.45) is 18.1. The number of para-hydroxylation sites is 2. The number of phenolic OH excluding ortho intramolecular Hbond substituents is 2. The normalized spacial score (nSPS) is 11.0. The average Bonchev–Trinajstić information content (AvgIpc) is 2.80. The van der Waals surface area contributed by atoms with Gasteiger partial charge in [0.05, 0.1) is 0 Å². The number of hydrogen-bond acceptors (Lipinski definition) is 2. The first-order chi connectivity index (χ1) is 15.0. The van der Waals surface area contributed by atoms with Crippen LogP contribution < -0.4 is 0 Å². The standard InChI is InChI=1S/C16H37P.2C6H6O/c1-5-9-13-17(14-10-6-2,15-11-7-3)16-12-8-4;2*7-6-4-2-1-3-5-6/h17H,5-16H2,1-4H3;2*1-5,7H. The van der Waals surface area contributed by atoms with Gasteiger partial charge in [-0.25, -0.2) is 0 Å². The molecule has 2 nitrogen and oxygen atoms in total. The molecule has 0 saturated heterocycles. The fraction of sp³-hybridized carbons (Fsp3) is 0.571.